The van der Waals surface area contributed by atoms with Crippen molar-refractivity contribution in [3.63, 3.8) is 0 Å². The number of hydrogen-bond donors (Lipinski definition) is 1. The van der Waals surface area contributed by atoms with E-state index in [-0.39, 0.29) is 0 Å². The molecule has 2 N–H and O–H groups in total. The summed E-state index contributed by atoms with van der Waals surface area (Å²) in [6.45, 7) is 4.00. The SMILES string of the molecule is Cc1nc(Oc2ccc(N)c3cccnc23)sc1C. The first-order valence-electron chi connectivity index (χ1n) is 5.90. The molecule has 0 spiro atoms. The van der Waals surface area contributed by atoms with Gasteiger partial charge in [0.15, 0.2) is 5.75 Å². The molecule has 19 heavy (non-hydrogen) atoms. The highest BCUT2D eigenvalue weighted by molar-refractivity contribution is 7.13. The van der Waals surface area contributed by atoms with Crippen molar-refractivity contribution in [2.24, 2.45) is 0 Å². The molecule has 96 valence electrons. The number of aryl methyl sites for hydroxylation is 2. The number of aromatic nitrogens is 2. The number of thiazole rings is 1. The van der Waals surface area contributed by atoms with Crippen molar-refractivity contribution >= 4 is 27.9 Å². The smallest absolute Gasteiger partial charge is 0.279 e. The van der Waals surface area contributed by atoms with Crippen LogP contribution in [0.15, 0.2) is 30.5 Å². The van der Waals surface area contributed by atoms with Crippen molar-refractivity contribution in [3.8, 4) is 10.9 Å². The maximum Gasteiger partial charge on any atom is 0.279 e. The molecule has 0 saturated heterocycles. The lowest BCUT2D eigenvalue weighted by molar-refractivity contribution is 0.482. The van der Waals surface area contributed by atoms with E-state index < -0.39 is 0 Å². The molecular weight excluding hydrogens is 258 g/mol. The van der Waals surface area contributed by atoms with E-state index in [1.54, 1.807) is 6.20 Å². The first-order valence-corrected chi connectivity index (χ1v) is 6.72. The molecule has 3 aromatic rings. The van der Waals surface area contributed by atoms with Crippen LogP contribution in [0, 0.1) is 13.8 Å². The number of nitrogen functional groups attached to an aromatic ring is 1. The van der Waals surface area contributed by atoms with Crippen LogP contribution in [0.4, 0.5) is 5.69 Å². The standard InChI is InChI=1S/C14H13N3OS/c1-8-9(2)19-14(17-8)18-12-6-5-11(15)10-4-3-7-16-13(10)12/h3-7H,15H2,1-2H3. The monoisotopic (exact) mass is 271 g/mol. The van der Waals surface area contributed by atoms with E-state index in [4.69, 9.17) is 10.5 Å². The topological polar surface area (TPSA) is 61.0 Å². The molecule has 0 amide bonds. The molecule has 0 aliphatic carbocycles. The molecule has 2 heterocycles. The van der Waals surface area contributed by atoms with Gasteiger partial charge in [-0.2, -0.15) is 0 Å². The molecule has 0 saturated carbocycles. The predicted octanol–water partition coefficient (Wildman–Crippen LogP) is 3.68. The Balaban J connectivity index is 2.08. The summed E-state index contributed by atoms with van der Waals surface area (Å²) in [6.07, 6.45) is 1.73. The second kappa shape index (κ2) is 4.51. The van der Waals surface area contributed by atoms with Crippen LogP contribution in [0.3, 0.4) is 0 Å². The van der Waals surface area contributed by atoms with Gasteiger partial charge in [-0.15, -0.1) is 0 Å². The molecule has 0 radical (unpaired) electrons. The van der Waals surface area contributed by atoms with Gasteiger partial charge in [0.1, 0.15) is 5.52 Å². The highest BCUT2D eigenvalue weighted by Gasteiger charge is 2.10. The molecule has 0 fully saturated rings. The fourth-order valence-electron chi connectivity index (χ4n) is 1.83. The Labute approximate surface area is 114 Å². The number of nitrogens with zero attached hydrogens (tertiary/aromatic N) is 2. The predicted molar refractivity (Wildman–Crippen MR) is 77.8 cm³/mol. The molecule has 1 aromatic carbocycles. The third kappa shape index (κ3) is 2.13. The van der Waals surface area contributed by atoms with Gasteiger partial charge < -0.3 is 10.5 Å². The molecule has 0 aliphatic rings. The van der Waals surface area contributed by atoms with Gasteiger partial charge in [0.05, 0.1) is 5.69 Å². The summed E-state index contributed by atoms with van der Waals surface area (Å²) < 4.78 is 5.84. The average molecular weight is 271 g/mol. The fraction of sp³-hybridized carbons (Fsp3) is 0.143. The summed E-state index contributed by atoms with van der Waals surface area (Å²) in [6, 6.07) is 7.45. The third-order valence-corrected chi connectivity index (χ3v) is 3.92. The van der Waals surface area contributed by atoms with Gasteiger partial charge in [0.25, 0.3) is 5.19 Å². The van der Waals surface area contributed by atoms with E-state index >= 15 is 0 Å². The van der Waals surface area contributed by atoms with Crippen molar-refractivity contribution in [1.29, 1.82) is 0 Å². The van der Waals surface area contributed by atoms with Crippen LogP contribution in [0.1, 0.15) is 10.6 Å². The van der Waals surface area contributed by atoms with Gasteiger partial charge in [0.2, 0.25) is 0 Å². The molecule has 5 heteroatoms. The number of anilines is 1. The van der Waals surface area contributed by atoms with Crippen LogP contribution >= 0.6 is 11.3 Å². The highest BCUT2D eigenvalue weighted by atomic mass is 32.1. The van der Waals surface area contributed by atoms with Gasteiger partial charge in [0, 0.05) is 22.1 Å². The Kier molecular flexibility index (Phi) is 2.83. The zero-order chi connectivity index (χ0) is 13.4. The van der Waals surface area contributed by atoms with Crippen LogP contribution in [0.5, 0.6) is 10.9 Å². The minimum Gasteiger partial charge on any atom is -0.429 e. The van der Waals surface area contributed by atoms with Crippen LogP contribution in [0.2, 0.25) is 0 Å². The van der Waals surface area contributed by atoms with Crippen LogP contribution in [-0.4, -0.2) is 9.97 Å². The molecule has 2 aromatic heterocycles. The number of benzene rings is 1. The Morgan fingerprint density at radius 3 is 2.79 bits per heavy atom. The zero-order valence-corrected chi connectivity index (χ0v) is 11.5. The Bertz CT molecular complexity index is 732. The number of ether oxygens (including phenoxy) is 1. The van der Waals surface area contributed by atoms with Crippen molar-refractivity contribution in [2.45, 2.75) is 13.8 Å². The maximum absolute atomic E-state index is 5.94. The number of nitrogens with two attached hydrogens (primary N) is 1. The van der Waals surface area contributed by atoms with Crippen molar-refractivity contribution in [3.05, 3.63) is 41.0 Å². The van der Waals surface area contributed by atoms with Gasteiger partial charge in [-0.05, 0) is 38.1 Å². The third-order valence-electron chi connectivity index (χ3n) is 2.97. The number of hydrogen-bond acceptors (Lipinski definition) is 5. The summed E-state index contributed by atoms with van der Waals surface area (Å²) in [4.78, 5) is 9.87. The quantitative estimate of drug-likeness (QED) is 0.722. The van der Waals surface area contributed by atoms with E-state index in [1.165, 1.54) is 11.3 Å². The Morgan fingerprint density at radius 1 is 1.21 bits per heavy atom. The summed E-state index contributed by atoms with van der Waals surface area (Å²) in [5.74, 6) is 0.679. The molecule has 0 atom stereocenters. The minimum atomic E-state index is 0.631. The van der Waals surface area contributed by atoms with Crippen LogP contribution in [0.25, 0.3) is 10.9 Å². The summed E-state index contributed by atoms with van der Waals surface area (Å²) >= 11 is 1.53. The maximum atomic E-state index is 5.94. The Hall–Kier alpha value is -2.14. The first-order chi connectivity index (χ1) is 9.15. The summed E-state index contributed by atoms with van der Waals surface area (Å²) in [5.41, 5.74) is 8.39. The van der Waals surface area contributed by atoms with E-state index in [2.05, 4.69) is 9.97 Å². The first kappa shape index (κ1) is 11.9. The molecular formula is C14H13N3OS. The zero-order valence-electron chi connectivity index (χ0n) is 10.7. The fourth-order valence-corrected chi connectivity index (χ4v) is 2.60. The Morgan fingerprint density at radius 2 is 2.05 bits per heavy atom. The normalized spacial score (nSPS) is 10.8. The lowest BCUT2D eigenvalue weighted by atomic mass is 10.2. The van der Waals surface area contributed by atoms with E-state index in [0.29, 0.717) is 16.6 Å². The van der Waals surface area contributed by atoms with Crippen molar-refractivity contribution < 1.29 is 4.74 Å². The van der Waals surface area contributed by atoms with Gasteiger partial charge in [-0.3, -0.25) is 4.98 Å². The van der Waals surface area contributed by atoms with Crippen LogP contribution in [-0.2, 0) is 0 Å². The molecule has 4 nitrogen and oxygen atoms in total. The van der Waals surface area contributed by atoms with Gasteiger partial charge >= 0.3 is 0 Å². The largest absolute Gasteiger partial charge is 0.429 e. The van der Waals surface area contributed by atoms with E-state index in [0.717, 1.165) is 21.5 Å². The van der Waals surface area contributed by atoms with Crippen LogP contribution < -0.4 is 10.5 Å². The summed E-state index contributed by atoms with van der Waals surface area (Å²) in [7, 11) is 0. The lowest BCUT2D eigenvalue weighted by Crippen LogP contribution is -1.92. The molecule has 0 aliphatic heterocycles. The van der Waals surface area contributed by atoms with E-state index in [9.17, 15) is 0 Å². The molecule has 0 bridgehead atoms. The minimum absolute atomic E-state index is 0.631. The van der Waals surface area contributed by atoms with Gasteiger partial charge in [-0.1, -0.05) is 11.3 Å². The summed E-state index contributed by atoms with van der Waals surface area (Å²) in [5, 5.41) is 1.52. The molecule has 0 unspecified atom stereocenters. The number of fused-ring (bicyclic) bond motifs is 1. The number of pyridine rings is 1. The van der Waals surface area contributed by atoms with Crippen molar-refractivity contribution in [1.82, 2.24) is 9.97 Å². The van der Waals surface area contributed by atoms with E-state index in [1.807, 2.05) is 38.1 Å². The lowest BCUT2D eigenvalue weighted by Gasteiger charge is -2.07. The van der Waals surface area contributed by atoms with Gasteiger partial charge in [-0.25, -0.2) is 4.98 Å². The number of rotatable bonds is 2. The second-order valence-corrected chi connectivity index (χ2v) is 5.44. The van der Waals surface area contributed by atoms with Crippen molar-refractivity contribution in [2.75, 3.05) is 5.73 Å². The average Bonchev–Trinajstić information content (AvgIpc) is 2.72. The molecule has 3 rings (SSSR count). The second-order valence-electron chi connectivity index (χ2n) is 4.28. The highest BCUT2D eigenvalue weighted by Crippen LogP contribution is 2.34.